The van der Waals surface area contributed by atoms with E-state index in [1.54, 1.807) is 13.0 Å². The fourth-order valence-corrected chi connectivity index (χ4v) is 1.67. The number of rotatable bonds is 3. The van der Waals surface area contributed by atoms with Gasteiger partial charge in [-0.15, -0.1) is 5.10 Å². The number of aromatic amines is 1. The monoisotopic (exact) mass is 300 g/mol. The summed E-state index contributed by atoms with van der Waals surface area (Å²) < 4.78 is 43.9. The molecule has 0 saturated carbocycles. The number of nitrogens with zero attached hydrogens (tertiary/aromatic N) is 2. The van der Waals surface area contributed by atoms with Gasteiger partial charge in [-0.2, -0.15) is 13.2 Å². The van der Waals surface area contributed by atoms with E-state index < -0.39 is 23.1 Å². The first-order valence-corrected chi connectivity index (χ1v) is 5.70. The fourth-order valence-electron chi connectivity index (χ4n) is 1.67. The van der Waals surface area contributed by atoms with Gasteiger partial charge in [0.2, 0.25) is 5.88 Å². The maximum absolute atomic E-state index is 12.9. The molecule has 0 fully saturated rings. The number of oxime groups is 1. The molecule has 2 rings (SSSR count). The number of ether oxygens (including phenoxy) is 1. The Bertz CT molecular complexity index is 679. The average Bonchev–Trinajstić information content (AvgIpc) is 2.82. The number of benzene rings is 1. The van der Waals surface area contributed by atoms with Crippen molar-refractivity contribution in [2.45, 2.75) is 13.1 Å². The van der Waals surface area contributed by atoms with Gasteiger partial charge in [0.1, 0.15) is 5.75 Å². The lowest BCUT2D eigenvalue weighted by atomic mass is 10.1. The average molecular weight is 300 g/mol. The Morgan fingerprint density at radius 1 is 1.38 bits per heavy atom. The quantitative estimate of drug-likeness (QED) is 0.351. The van der Waals surface area contributed by atoms with Crippen molar-refractivity contribution in [1.82, 2.24) is 10.2 Å². The maximum atomic E-state index is 12.9. The van der Waals surface area contributed by atoms with Crippen molar-refractivity contribution in [1.29, 1.82) is 0 Å². The highest BCUT2D eigenvalue weighted by atomic mass is 19.4. The molecule has 0 bridgehead atoms. The highest BCUT2D eigenvalue weighted by Crippen LogP contribution is 2.34. The van der Waals surface area contributed by atoms with Crippen molar-refractivity contribution in [2.75, 3.05) is 0 Å². The van der Waals surface area contributed by atoms with E-state index in [9.17, 15) is 13.2 Å². The van der Waals surface area contributed by atoms with E-state index in [2.05, 4.69) is 15.4 Å². The second-order valence-electron chi connectivity index (χ2n) is 4.18. The van der Waals surface area contributed by atoms with Crippen LogP contribution in [0.25, 0.3) is 0 Å². The van der Waals surface area contributed by atoms with Crippen LogP contribution >= 0.6 is 0 Å². The van der Waals surface area contributed by atoms with E-state index in [1.165, 1.54) is 0 Å². The molecule has 1 aromatic heterocycles. The Hall–Kier alpha value is -2.71. The molecule has 0 saturated heterocycles. The van der Waals surface area contributed by atoms with E-state index in [0.29, 0.717) is 0 Å². The molecular formula is C12H11F3N4O2. The highest BCUT2D eigenvalue weighted by Gasteiger charge is 2.34. The largest absolute Gasteiger partial charge is 0.438 e. The van der Waals surface area contributed by atoms with Gasteiger partial charge in [-0.05, 0) is 25.1 Å². The lowest BCUT2D eigenvalue weighted by Crippen LogP contribution is -2.20. The second kappa shape index (κ2) is 5.35. The normalized spacial score (nSPS) is 12.5. The van der Waals surface area contributed by atoms with Crippen LogP contribution in [0, 0.1) is 6.92 Å². The van der Waals surface area contributed by atoms with Gasteiger partial charge in [0.05, 0.1) is 5.56 Å². The van der Waals surface area contributed by atoms with Gasteiger partial charge in [-0.1, -0.05) is 5.16 Å². The summed E-state index contributed by atoms with van der Waals surface area (Å²) in [5.74, 6) is -0.389. The zero-order valence-electron chi connectivity index (χ0n) is 10.8. The molecule has 2 aromatic rings. The minimum absolute atomic E-state index is 0.0797. The van der Waals surface area contributed by atoms with E-state index in [4.69, 9.17) is 15.7 Å². The first-order chi connectivity index (χ1) is 9.81. The van der Waals surface area contributed by atoms with Crippen molar-refractivity contribution in [3.63, 3.8) is 0 Å². The Morgan fingerprint density at radius 3 is 2.62 bits per heavy atom. The van der Waals surface area contributed by atoms with Gasteiger partial charge >= 0.3 is 6.18 Å². The van der Waals surface area contributed by atoms with Gasteiger partial charge in [0, 0.05) is 17.3 Å². The topological polar surface area (TPSA) is 96.5 Å². The third-order valence-electron chi connectivity index (χ3n) is 2.58. The van der Waals surface area contributed by atoms with Crippen LogP contribution in [0.1, 0.15) is 16.8 Å². The van der Waals surface area contributed by atoms with E-state index in [1.807, 2.05) is 0 Å². The molecule has 0 amide bonds. The molecule has 1 aromatic carbocycles. The number of halogens is 3. The third-order valence-corrected chi connectivity index (χ3v) is 2.58. The van der Waals surface area contributed by atoms with Crippen molar-refractivity contribution >= 4 is 5.84 Å². The van der Waals surface area contributed by atoms with Crippen LogP contribution in [-0.4, -0.2) is 21.2 Å². The molecule has 0 spiro atoms. The van der Waals surface area contributed by atoms with Crippen LogP contribution in [0.2, 0.25) is 0 Å². The highest BCUT2D eigenvalue weighted by molar-refractivity contribution is 5.99. The summed E-state index contributed by atoms with van der Waals surface area (Å²) in [5, 5.41) is 17.6. The van der Waals surface area contributed by atoms with Crippen LogP contribution in [0.15, 0.2) is 29.4 Å². The Balaban J connectivity index is 2.42. The summed E-state index contributed by atoms with van der Waals surface area (Å²) in [6.45, 7) is 1.74. The Labute approximate surface area is 117 Å². The summed E-state index contributed by atoms with van der Waals surface area (Å²) in [6.07, 6.45) is -4.63. The zero-order valence-corrected chi connectivity index (χ0v) is 10.8. The predicted octanol–water partition coefficient (Wildman–Crippen LogP) is 2.62. The third kappa shape index (κ3) is 3.25. The first-order valence-electron chi connectivity index (χ1n) is 5.70. The summed E-state index contributed by atoms with van der Waals surface area (Å²) in [4.78, 5) is 0. The molecule has 0 aliphatic rings. The van der Waals surface area contributed by atoms with Crippen molar-refractivity contribution in [3.8, 4) is 11.6 Å². The molecule has 21 heavy (non-hydrogen) atoms. The molecule has 9 heteroatoms. The first kappa shape index (κ1) is 14.7. The lowest BCUT2D eigenvalue weighted by Gasteiger charge is -2.13. The summed E-state index contributed by atoms with van der Waals surface area (Å²) in [6, 6.07) is 4.52. The number of nitrogens with one attached hydrogen (secondary N) is 1. The van der Waals surface area contributed by atoms with Crippen LogP contribution in [0.3, 0.4) is 0 Å². The minimum Gasteiger partial charge on any atom is -0.438 e. The number of H-pyrrole nitrogens is 1. The van der Waals surface area contributed by atoms with Crippen LogP contribution in [0.4, 0.5) is 13.2 Å². The number of amidine groups is 1. The molecule has 0 atom stereocenters. The van der Waals surface area contributed by atoms with Gasteiger partial charge in [0.15, 0.2) is 5.84 Å². The molecule has 6 nitrogen and oxygen atoms in total. The van der Waals surface area contributed by atoms with Crippen LogP contribution < -0.4 is 10.5 Å². The molecule has 0 aliphatic carbocycles. The molecule has 0 radical (unpaired) electrons. The number of aryl methyl sites for hydroxylation is 1. The van der Waals surface area contributed by atoms with E-state index in [-0.39, 0.29) is 11.6 Å². The maximum Gasteiger partial charge on any atom is 0.417 e. The summed E-state index contributed by atoms with van der Waals surface area (Å²) in [7, 11) is 0. The fraction of sp³-hybridized carbons (Fsp3) is 0.167. The minimum atomic E-state index is -4.63. The number of alkyl halides is 3. The molecule has 4 N–H and O–H groups in total. The summed E-state index contributed by atoms with van der Waals surface area (Å²) in [5.41, 5.74) is 4.51. The standard InChI is InChI=1S/C12H11F3N4O2/c1-6-4-10(18-17-6)21-7-2-3-9(12(13,14)15)8(5-7)11(16)19-20/h2-5,20H,1H3,(H2,16,19)(H,17,18). The molecule has 1 heterocycles. The lowest BCUT2D eigenvalue weighted by molar-refractivity contribution is -0.137. The van der Waals surface area contributed by atoms with Crippen molar-refractivity contribution in [3.05, 3.63) is 41.1 Å². The second-order valence-corrected chi connectivity index (χ2v) is 4.18. The Morgan fingerprint density at radius 2 is 2.10 bits per heavy atom. The van der Waals surface area contributed by atoms with Gasteiger partial charge < -0.3 is 15.7 Å². The summed E-state index contributed by atoms with van der Waals surface area (Å²) >= 11 is 0. The Kier molecular flexibility index (Phi) is 3.74. The van der Waals surface area contributed by atoms with Crippen molar-refractivity contribution < 1.29 is 23.1 Å². The molecule has 112 valence electrons. The molecule has 0 unspecified atom stereocenters. The van der Waals surface area contributed by atoms with Crippen molar-refractivity contribution in [2.24, 2.45) is 10.9 Å². The SMILES string of the molecule is Cc1cc(Oc2ccc(C(F)(F)F)c(/C(N)=N/O)c2)n[nH]1. The zero-order chi connectivity index (χ0) is 15.6. The van der Waals surface area contributed by atoms with Crippen LogP contribution in [-0.2, 0) is 6.18 Å². The van der Waals surface area contributed by atoms with Gasteiger partial charge in [0.25, 0.3) is 0 Å². The number of hydrogen-bond acceptors (Lipinski definition) is 4. The van der Waals surface area contributed by atoms with E-state index >= 15 is 0 Å². The van der Waals surface area contributed by atoms with E-state index in [0.717, 1.165) is 23.9 Å². The van der Waals surface area contributed by atoms with Gasteiger partial charge in [-0.25, -0.2) is 0 Å². The smallest absolute Gasteiger partial charge is 0.417 e. The number of aromatic nitrogens is 2. The molecule has 0 aliphatic heterocycles. The molecular weight excluding hydrogens is 289 g/mol. The predicted molar refractivity (Wildman–Crippen MR) is 67.4 cm³/mol. The van der Waals surface area contributed by atoms with Gasteiger partial charge in [-0.3, -0.25) is 5.10 Å². The van der Waals surface area contributed by atoms with Crippen LogP contribution in [0.5, 0.6) is 11.6 Å². The number of hydrogen-bond donors (Lipinski definition) is 3. The number of nitrogens with two attached hydrogens (primary N) is 1.